The molecular formula is C19H22N4O2. The number of hydrogen-bond donors (Lipinski definition) is 1. The summed E-state index contributed by atoms with van der Waals surface area (Å²) >= 11 is 0. The quantitative estimate of drug-likeness (QED) is 0.869. The number of piperazine rings is 1. The van der Waals surface area contributed by atoms with Crippen molar-refractivity contribution in [3.63, 3.8) is 0 Å². The summed E-state index contributed by atoms with van der Waals surface area (Å²) in [6, 6.07) is 7.94. The zero-order valence-corrected chi connectivity index (χ0v) is 14.5. The van der Waals surface area contributed by atoms with Crippen molar-refractivity contribution in [2.75, 3.05) is 31.5 Å². The molecule has 1 aliphatic rings. The number of rotatable bonds is 4. The minimum absolute atomic E-state index is 0.0526. The van der Waals surface area contributed by atoms with Crippen molar-refractivity contribution in [2.45, 2.75) is 13.8 Å². The minimum atomic E-state index is -0.0526. The number of carbonyl (C=O) groups excluding carboxylic acids is 2. The van der Waals surface area contributed by atoms with Crippen LogP contribution >= 0.6 is 0 Å². The molecule has 1 aromatic carbocycles. The smallest absolute Gasteiger partial charge is 0.255 e. The zero-order valence-electron chi connectivity index (χ0n) is 14.5. The minimum Gasteiger partial charge on any atom is -0.354 e. The summed E-state index contributed by atoms with van der Waals surface area (Å²) in [5.74, 6) is -0.0526. The Morgan fingerprint density at radius 3 is 2.44 bits per heavy atom. The number of hydrogen-bond acceptors (Lipinski definition) is 4. The molecule has 0 aliphatic carbocycles. The topological polar surface area (TPSA) is 65.5 Å². The fourth-order valence-corrected chi connectivity index (χ4v) is 2.99. The molecule has 25 heavy (non-hydrogen) atoms. The maximum atomic E-state index is 12.7. The molecule has 0 saturated carbocycles. The summed E-state index contributed by atoms with van der Waals surface area (Å²) in [4.78, 5) is 31.1. The molecule has 1 aromatic heterocycles. The van der Waals surface area contributed by atoms with Gasteiger partial charge in [-0.25, -0.2) is 0 Å². The number of para-hydroxylation sites is 1. The molecule has 6 nitrogen and oxygen atoms in total. The number of anilines is 2. The molecule has 1 N–H and O–H groups in total. The lowest BCUT2D eigenvalue weighted by Crippen LogP contribution is -2.48. The Morgan fingerprint density at radius 2 is 1.80 bits per heavy atom. The van der Waals surface area contributed by atoms with Crippen LogP contribution in [0.5, 0.6) is 0 Å². The highest BCUT2D eigenvalue weighted by Gasteiger charge is 2.21. The van der Waals surface area contributed by atoms with Crippen LogP contribution in [0.15, 0.2) is 36.7 Å². The Balaban J connectivity index is 1.75. The van der Waals surface area contributed by atoms with Crippen LogP contribution in [-0.2, 0) is 4.79 Å². The van der Waals surface area contributed by atoms with Crippen LogP contribution in [0.3, 0.4) is 0 Å². The average Bonchev–Trinajstić information content (AvgIpc) is 2.64. The van der Waals surface area contributed by atoms with Crippen LogP contribution in [-0.4, -0.2) is 53.3 Å². The molecule has 1 saturated heterocycles. The third-order valence-electron chi connectivity index (χ3n) is 4.49. The zero-order chi connectivity index (χ0) is 17.8. The van der Waals surface area contributed by atoms with Crippen molar-refractivity contribution in [2.24, 2.45) is 0 Å². The van der Waals surface area contributed by atoms with Crippen LogP contribution in [0, 0.1) is 13.8 Å². The molecule has 0 spiro atoms. The number of pyridine rings is 1. The molecule has 0 unspecified atom stereocenters. The van der Waals surface area contributed by atoms with Gasteiger partial charge in [0.15, 0.2) is 0 Å². The second-order valence-corrected chi connectivity index (χ2v) is 6.29. The Kier molecular flexibility index (Phi) is 4.97. The van der Waals surface area contributed by atoms with Crippen LogP contribution in [0.1, 0.15) is 21.5 Å². The van der Waals surface area contributed by atoms with Gasteiger partial charge < -0.3 is 15.1 Å². The van der Waals surface area contributed by atoms with E-state index in [-0.39, 0.29) is 5.91 Å². The van der Waals surface area contributed by atoms with Crippen molar-refractivity contribution in [3.8, 4) is 0 Å². The summed E-state index contributed by atoms with van der Waals surface area (Å²) < 4.78 is 0. The molecular weight excluding hydrogens is 316 g/mol. The molecule has 130 valence electrons. The van der Waals surface area contributed by atoms with Gasteiger partial charge in [-0.15, -0.1) is 0 Å². The highest BCUT2D eigenvalue weighted by molar-refractivity contribution is 5.95. The number of aromatic nitrogens is 1. The number of amides is 2. The van der Waals surface area contributed by atoms with Gasteiger partial charge in [-0.3, -0.25) is 14.6 Å². The van der Waals surface area contributed by atoms with E-state index in [1.807, 2.05) is 38.1 Å². The van der Waals surface area contributed by atoms with E-state index < -0.39 is 0 Å². The summed E-state index contributed by atoms with van der Waals surface area (Å²) in [6.45, 7) is 6.33. The molecule has 2 aromatic rings. The summed E-state index contributed by atoms with van der Waals surface area (Å²) in [7, 11) is 0. The number of nitrogens with one attached hydrogen (secondary N) is 1. The van der Waals surface area contributed by atoms with Crippen LogP contribution < -0.4 is 5.32 Å². The third kappa shape index (κ3) is 3.79. The molecule has 0 radical (unpaired) electrons. The van der Waals surface area contributed by atoms with Crippen LogP contribution in [0.2, 0.25) is 0 Å². The van der Waals surface area contributed by atoms with E-state index >= 15 is 0 Å². The molecule has 2 heterocycles. The van der Waals surface area contributed by atoms with E-state index in [9.17, 15) is 9.59 Å². The normalized spacial score (nSPS) is 14.3. The third-order valence-corrected chi connectivity index (χ3v) is 4.49. The Hall–Kier alpha value is -2.89. The highest BCUT2D eigenvalue weighted by Crippen LogP contribution is 2.24. The predicted octanol–water partition coefficient (Wildman–Crippen LogP) is 2.36. The maximum Gasteiger partial charge on any atom is 0.255 e. The summed E-state index contributed by atoms with van der Waals surface area (Å²) in [5.41, 5.74) is 4.66. The molecule has 0 atom stereocenters. The average molecular weight is 338 g/mol. The largest absolute Gasteiger partial charge is 0.354 e. The maximum absolute atomic E-state index is 12.7. The monoisotopic (exact) mass is 338 g/mol. The Bertz CT molecular complexity index is 762. The van der Waals surface area contributed by atoms with Gasteiger partial charge >= 0.3 is 0 Å². The van der Waals surface area contributed by atoms with Crippen molar-refractivity contribution >= 4 is 23.7 Å². The van der Waals surface area contributed by atoms with Crippen molar-refractivity contribution in [1.29, 1.82) is 0 Å². The molecule has 1 aliphatic heterocycles. The number of carbonyl (C=O) groups is 2. The lowest BCUT2D eigenvalue weighted by atomic mass is 10.1. The number of benzene rings is 1. The van der Waals surface area contributed by atoms with E-state index in [1.165, 1.54) is 0 Å². The van der Waals surface area contributed by atoms with Gasteiger partial charge in [0.1, 0.15) is 0 Å². The molecule has 2 amide bonds. The second kappa shape index (κ2) is 7.34. The van der Waals surface area contributed by atoms with E-state index in [1.54, 1.807) is 22.2 Å². The predicted molar refractivity (Wildman–Crippen MR) is 97.0 cm³/mol. The van der Waals surface area contributed by atoms with Crippen LogP contribution in [0.25, 0.3) is 0 Å². The van der Waals surface area contributed by atoms with Gasteiger partial charge in [0.2, 0.25) is 6.41 Å². The first-order chi connectivity index (χ1) is 12.1. The van der Waals surface area contributed by atoms with Crippen molar-refractivity contribution in [1.82, 2.24) is 14.8 Å². The standard InChI is InChI=1S/C19H22N4O2/c1-14-4-3-5-15(2)18(14)21-17-10-16(11-20-12-17)19(25)23-8-6-22(13-24)7-9-23/h3-5,10-13,21H,6-9H2,1-2H3. The van der Waals surface area contributed by atoms with Gasteiger partial charge in [-0.1, -0.05) is 18.2 Å². The van der Waals surface area contributed by atoms with Gasteiger partial charge in [0.05, 0.1) is 17.4 Å². The summed E-state index contributed by atoms with van der Waals surface area (Å²) in [5, 5.41) is 3.37. The van der Waals surface area contributed by atoms with Gasteiger partial charge in [-0.05, 0) is 31.0 Å². The second-order valence-electron chi connectivity index (χ2n) is 6.29. The van der Waals surface area contributed by atoms with Gasteiger partial charge in [-0.2, -0.15) is 0 Å². The Labute approximate surface area is 147 Å². The number of aryl methyl sites for hydroxylation is 2. The van der Waals surface area contributed by atoms with Crippen LogP contribution in [0.4, 0.5) is 11.4 Å². The molecule has 0 bridgehead atoms. The van der Waals surface area contributed by atoms with E-state index in [4.69, 9.17) is 0 Å². The molecule has 1 fully saturated rings. The first kappa shape index (κ1) is 17.0. The van der Waals surface area contributed by atoms with E-state index in [2.05, 4.69) is 10.3 Å². The van der Waals surface area contributed by atoms with Crippen molar-refractivity contribution in [3.05, 3.63) is 53.3 Å². The van der Waals surface area contributed by atoms with E-state index in [0.717, 1.165) is 28.9 Å². The Morgan fingerprint density at radius 1 is 1.12 bits per heavy atom. The first-order valence-electron chi connectivity index (χ1n) is 8.35. The SMILES string of the molecule is Cc1cccc(C)c1Nc1cncc(C(=O)N2CCN(C=O)CC2)c1. The van der Waals surface area contributed by atoms with E-state index in [0.29, 0.717) is 31.7 Å². The number of nitrogens with zero attached hydrogens (tertiary/aromatic N) is 3. The fourth-order valence-electron chi connectivity index (χ4n) is 2.99. The fraction of sp³-hybridized carbons (Fsp3) is 0.316. The summed E-state index contributed by atoms with van der Waals surface area (Å²) in [6.07, 6.45) is 4.13. The molecule has 6 heteroatoms. The molecule has 3 rings (SSSR count). The van der Waals surface area contributed by atoms with Crippen molar-refractivity contribution < 1.29 is 9.59 Å². The first-order valence-corrected chi connectivity index (χ1v) is 8.35. The van der Waals surface area contributed by atoms with Gasteiger partial charge in [0.25, 0.3) is 5.91 Å². The lowest BCUT2D eigenvalue weighted by Gasteiger charge is -2.32. The highest BCUT2D eigenvalue weighted by atomic mass is 16.2. The van der Waals surface area contributed by atoms with Gasteiger partial charge in [0, 0.05) is 38.1 Å². The lowest BCUT2D eigenvalue weighted by molar-refractivity contribution is -0.119.